The Labute approximate surface area is 571 Å². The number of aliphatic hydroxyl groups excluding tert-OH is 5. The number of aliphatic hydroxyl groups is 5. The van der Waals surface area contributed by atoms with Crippen LogP contribution in [-0.2, 0) is 14.3 Å². The largest absolute Gasteiger partial charge is 0.394 e. The highest BCUT2D eigenvalue weighted by atomic mass is 16.7. The van der Waals surface area contributed by atoms with Gasteiger partial charge in [-0.25, -0.2) is 0 Å². The van der Waals surface area contributed by atoms with Crippen LogP contribution in [0.5, 0.6) is 0 Å². The van der Waals surface area contributed by atoms with Crippen molar-refractivity contribution in [3.05, 3.63) is 36.5 Å². The molecule has 0 bridgehead atoms. The van der Waals surface area contributed by atoms with E-state index in [0.29, 0.717) is 12.8 Å². The van der Waals surface area contributed by atoms with Crippen LogP contribution in [0.4, 0.5) is 0 Å². The summed E-state index contributed by atoms with van der Waals surface area (Å²) in [5, 5.41) is 55.1. The van der Waals surface area contributed by atoms with Crippen molar-refractivity contribution in [3.63, 3.8) is 0 Å². The summed E-state index contributed by atoms with van der Waals surface area (Å²) in [6, 6.07) is -0.720. The smallest absolute Gasteiger partial charge is 0.220 e. The first-order valence-corrected chi connectivity index (χ1v) is 41.2. The summed E-state index contributed by atoms with van der Waals surface area (Å²) in [6.45, 7) is 3.89. The lowest BCUT2D eigenvalue weighted by Gasteiger charge is -2.40. The highest BCUT2D eigenvalue weighted by Gasteiger charge is 2.44. The van der Waals surface area contributed by atoms with E-state index in [9.17, 15) is 30.3 Å². The number of carbonyl (C=O) groups excluding carboxylic acids is 1. The molecule has 7 unspecified atom stereocenters. The molecule has 1 aliphatic rings. The molecule has 9 heteroatoms. The lowest BCUT2D eigenvalue weighted by Crippen LogP contribution is -2.60. The van der Waals surface area contributed by atoms with Crippen molar-refractivity contribution in [3.8, 4) is 0 Å². The van der Waals surface area contributed by atoms with Gasteiger partial charge in [-0.2, -0.15) is 0 Å². The van der Waals surface area contributed by atoms with E-state index in [4.69, 9.17) is 9.47 Å². The van der Waals surface area contributed by atoms with Crippen molar-refractivity contribution in [1.82, 2.24) is 5.32 Å². The zero-order valence-electron chi connectivity index (χ0n) is 61.3. The predicted octanol–water partition coefficient (Wildman–Crippen LogP) is 23.7. The van der Waals surface area contributed by atoms with Crippen LogP contribution in [0.15, 0.2) is 36.5 Å². The number of unbranched alkanes of at least 4 members (excludes halogenated alkanes) is 58. The second-order valence-electron chi connectivity index (χ2n) is 28.9. The average Bonchev–Trinajstić information content (AvgIpc) is 1.00. The van der Waals surface area contributed by atoms with E-state index in [0.717, 1.165) is 51.4 Å². The van der Waals surface area contributed by atoms with Gasteiger partial charge in [0.25, 0.3) is 0 Å². The molecule has 0 radical (unpaired) electrons. The molecule has 0 aromatic heterocycles. The summed E-state index contributed by atoms with van der Waals surface area (Å²) in [6.07, 6.45) is 91.2. The maximum atomic E-state index is 13.2. The Balaban J connectivity index is 2.04. The van der Waals surface area contributed by atoms with E-state index >= 15 is 0 Å². The SMILES string of the molecule is CCCCCCC/C=C\C/C=C\C/C=C\CCCCCCCCCCCCCCCCCCCCCCCCC(=O)NC(COC1OC(CO)C(O)C(O)C1O)C(O)CCCCCCCCCCCCCCCCCCCCCCCCCCCCCCCCCC. The zero-order valence-corrected chi connectivity index (χ0v) is 61.3. The molecule has 1 fully saturated rings. The minimum absolute atomic E-state index is 0.133. The van der Waals surface area contributed by atoms with E-state index in [2.05, 4.69) is 55.6 Å². The lowest BCUT2D eigenvalue weighted by atomic mass is 9.99. The summed E-state index contributed by atoms with van der Waals surface area (Å²) >= 11 is 0. The Morgan fingerprint density at radius 3 is 0.946 bits per heavy atom. The number of hydrogen-bond acceptors (Lipinski definition) is 8. The van der Waals surface area contributed by atoms with Crippen molar-refractivity contribution < 1.29 is 39.8 Å². The van der Waals surface area contributed by atoms with Crippen LogP contribution in [0, 0.1) is 0 Å². The first-order chi connectivity index (χ1) is 45.3. The third-order valence-corrected chi connectivity index (χ3v) is 20.0. The van der Waals surface area contributed by atoms with E-state index < -0.39 is 49.5 Å². The highest BCUT2D eigenvalue weighted by molar-refractivity contribution is 5.76. The Hall–Kier alpha value is -1.59. The number of hydrogen-bond donors (Lipinski definition) is 6. The van der Waals surface area contributed by atoms with E-state index in [1.165, 1.54) is 353 Å². The van der Waals surface area contributed by atoms with Crippen molar-refractivity contribution in [2.45, 2.75) is 474 Å². The number of nitrogens with one attached hydrogen (secondary N) is 1. The molecule has 0 aromatic carbocycles. The fourth-order valence-electron chi connectivity index (χ4n) is 13.6. The lowest BCUT2D eigenvalue weighted by molar-refractivity contribution is -0.302. The quantitative estimate of drug-likeness (QED) is 0.0261. The molecule has 0 aromatic rings. The van der Waals surface area contributed by atoms with Gasteiger partial charge < -0.3 is 40.3 Å². The molecule has 544 valence electrons. The van der Waals surface area contributed by atoms with Gasteiger partial charge in [-0.1, -0.05) is 410 Å². The van der Waals surface area contributed by atoms with Crippen molar-refractivity contribution in [2.24, 2.45) is 0 Å². The van der Waals surface area contributed by atoms with E-state index in [-0.39, 0.29) is 12.5 Å². The van der Waals surface area contributed by atoms with Crippen molar-refractivity contribution >= 4 is 5.91 Å². The number of rotatable bonds is 74. The molecule has 6 N–H and O–H groups in total. The van der Waals surface area contributed by atoms with Gasteiger partial charge in [0.2, 0.25) is 5.91 Å². The molecule has 7 atom stereocenters. The normalized spacial score (nSPS) is 17.8. The predicted molar refractivity (Wildman–Crippen MR) is 397 cm³/mol. The molecule has 92 heavy (non-hydrogen) atoms. The summed E-state index contributed by atoms with van der Waals surface area (Å²) in [5.41, 5.74) is 0. The average molecular weight is 1300 g/mol. The second kappa shape index (κ2) is 72.2. The third kappa shape index (κ3) is 59.7. The van der Waals surface area contributed by atoms with Crippen LogP contribution in [-0.4, -0.2) is 87.5 Å². The molecule has 1 rings (SSSR count). The van der Waals surface area contributed by atoms with Crippen molar-refractivity contribution in [2.75, 3.05) is 13.2 Å². The molecule has 1 saturated heterocycles. The number of ether oxygens (including phenoxy) is 2. The minimum Gasteiger partial charge on any atom is -0.394 e. The van der Waals surface area contributed by atoms with Gasteiger partial charge in [0.15, 0.2) is 6.29 Å². The maximum Gasteiger partial charge on any atom is 0.220 e. The maximum absolute atomic E-state index is 13.2. The summed E-state index contributed by atoms with van der Waals surface area (Å²) < 4.78 is 11.4. The van der Waals surface area contributed by atoms with Crippen LogP contribution in [0.2, 0.25) is 0 Å². The molecule has 1 aliphatic heterocycles. The van der Waals surface area contributed by atoms with Gasteiger partial charge in [0.1, 0.15) is 24.4 Å². The minimum atomic E-state index is -1.55. The second-order valence-corrected chi connectivity index (χ2v) is 28.9. The van der Waals surface area contributed by atoms with Gasteiger partial charge >= 0.3 is 0 Å². The molecule has 9 nitrogen and oxygen atoms in total. The number of allylic oxidation sites excluding steroid dienone is 6. The molecule has 0 saturated carbocycles. The van der Waals surface area contributed by atoms with E-state index in [1.54, 1.807) is 0 Å². The zero-order chi connectivity index (χ0) is 66.4. The van der Waals surface area contributed by atoms with Crippen LogP contribution in [0.1, 0.15) is 431 Å². The fourth-order valence-corrected chi connectivity index (χ4v) is 13.6. The summed E-state index contributed by atoms with van der Waals surface area (Å²) in [7, 11) is 0. The van der Waals surface area contributed by atoms with E-state index in [1.807, 2.05) is 0 Å². The van der Waals surface area contributed by atoms with Crippen molar-refractivity contribution in [1.29, 1.82) is 0 Å². The topological polar surface area (TPSA) is 149 Å². The molecule has 1 heterocycles. The number of amides is 1. The number of carbonyl (C=O) groups is 1. The molecular weight excluding hydrogens is 1140 g/mol. The van der Waals surface area contributed by atoms with Crippen LogP contribution < -0.4 is 5.32 Å². The third-order valence-electron chi connectivity index (χ3n) is 20.0. The van der Waals surface area contributed by atoms with Crippen LogP contribution >= 0.6 is 0 Å². The Morgan fingerprint density at radius 1 is 0.370 bits per heavy atom. The molecule has 0 aliphatic carbocycles. The Morgan fingerprint density at radius 2 is 0.641 bits per heavy atom. The molecular formula is C83H159NO8. The monoisotopic (exact) mass is 1300 g/mol. The molecule has 1 amide bonds. The first kappa shape index (κ1) is 88.4. The fraction of sp³-hybridized carbons (Fsp3) is 0.916. The first-order valence-electron chi connectivity index (χ1n) is 41.2. The summed E-state index contributed by atoms with van der Waals surface area (Å²) in [5.74, 6) is -0.134. The van der Waals surface area contributed by atoms with Gasteiger partial charge in [-0.05, 0) is 51.4 Å². The summed E-state index contributed by atoms with van der Waals surface area (Å²) in [4.78, 5) is 13.2. The highest BCUT2D eigenvalue weighted by Crippen LogP contribution is 2.24. The van der Waals surface area contributed by atoms with Crippen LogP contribution in [0.25, 0.3) is 0 Å². The van der Waals surface area contributed by atoms with Gasteiger partial charge in [-0.15, -0.1) is 0 Å². The Bertz CT molecular complexity index is 1550. The standard InChI is InChI=1S/C83H159NO8/c1-3-5-7-9-11-13-15-17-19-21-23-25-27-29-31-33-35-37-38-39-40-41-43-45-47-49-51-53-55-57-59-61-63-65-67-69-71-73-79(87)84-76(75-91-83-82(90)81(89)80(88)78(74-85)92-83)77(86)72-70-68-66-64-62-60-58-56-54-52-50-48-46-44-42-36-34-32-30-28-26-24-22-20-18-16-14-12-10-8-6-4-2/h15,17,21,23,27,29,76-78,80-83,85-86,88-90H,3-14,16,18-20,22,24-26,28,30-75H2,1-2H3,(H,84,87)/b17-15-,23-21-,29-27-. The van der Waals surface area contributed by atoms with Gasteiger partial charge in [-0.3, -0.25) is 4.79 Å². The molecule has 0 spiro atoms. The van der Waals surface area contributed by atoms with Gasteiger partial charge in [0.05, 0.1) is 25.4 Å². The Kier molecular flexibility index (Phi) is 69.4. The van der Waals surface area contributed by atoms with Gasteiger partial charge in [0, 0.05) is 6.42 Å². The van der Waals surface area contributed by atoms with Crippen LogP contribution in [0.3, 0.4) is 0 Å².